The van der Waals surface area contributed by atoms with Crippen molar-refractivity contribution >= 4 is 37.6 Å². The first-order chi connectivity index (χ1) is 10.0. The maximum Gasteiger partial charge on any atom is 0.309 e. The van der Waals surface area contributed by atoms with E-state index in [-0.39, 0.29) is 17.8 Å². The van der Waals surface area contributed by atoms with Crippen molar-refractivity contribution in [2.75, 3.05) is 6.61 Å². The van der Waals surface area contributed by atoms with E-state index in [1.165, 1.54) is 0 Å². The molecule has 0 aliphatic heterocycles. The Bertz CT molecular complexity index is 538. The highest BCUT2D eigenvalue weighted by Gasteiger charge is 2.25. The van der Waals surface area contributed by atoms with E-state index in [9.17, 15) is 15.0 Å². The van der Waals surface area contributed by atoms with E-state index < -0.39 is 20.9 Å². The summed E-state index contributed by atoms with van der Waals surface area (Å²) in [5.74, 6) is -1.15. The van der Waals surface area contributed by atoms with E-state index in [0.717, 1.165) is 14.7 Å². The normalized spacial score (nSPS) is 13.4. The number of halogens is 1. The van der Waals surface area contributed by atoms with Crippen molar-refractivity contribution in [3.05, 3.63) is 26.8 Å². The van der Waals surface area contributed by atoms with Crippen LogP contribution in [0.15, 0.2) is 12.1 Å². The van der Waals surface area contributed by atoms with Crippen molar-refractivity contribution < 1.29 is 19.4 Å². The van der Waals surface area contributed by atoms with Gasteiger partial charge in [0, 0.05) is 6.61 Å². The molecular weight excluding hydrogens is 411 g/mol. The second-order valence-corrected chi connectivity index (χ2v) is 10.4. The summed E-state index contributed by atoms with van der Waals surface area (Å²) in [6.45, 7) is 10.5. The van der Waals surface area contributed by atoms with Gasteiger partial charge in [0.25, 0.3) is 0 Å². The van der Waals surface area contributed by atoms with E-state index in [1.807, 2.05) is 19.2 Å². The Hall–Kier alpha value is -0.603. The lowest BCUT2D eigenvalue weighted by molar-refractivity contribution is -0.142. The van der Waals surface area contributed by atoms with E-state index in [1.54, 1.807) is 6.07 Å². The highest BCUT2D eigenvalue weighted by Crippen LogP contribution is 2.33. The fourth-order valence-electron chi connectivity index (χ4n) is 2.26. The summed E-state index contributed by atoms with van der Waals surface area (Å²) in [7, 11) is -1.24. The van der Waals surface area contributed by atoms with Crippen molar-refractivity contribution in [2.24, 2.45) is 5.92 Å². The second-order valence-electron chi connectivity index (χ2n) is 6.83. The Morgan fingerprint density at radius 3 is 2.41 bits per heavy atom. The molecule has 1 rings (SSSR count). The minimum atomic E-state index is -1.24. The zero-order valence-electron chi connectivity index (χ0n) is 13.8. The molecule has 6 heteroatoms. The SMILES string of the molecule is C[SiH](C)OCC(Cc1cc(I)c(O)cc1C(C)(C)C)C(=O)O. The third kappa shape index (κ3) is 5.55. The van der Waals surface area contributed by atoms with Gasteiger partial charge in [-0.1, -0.05) is 20.8 Å². The molecule has 0 aliphatic carbocycles. The summed E-state index contributed by atoms with van der Waals surface area (Å²) in [5.41, 5.74) is 1.79. The number of aromatic hydroxyl groups is 1. The predicted octanol–water partition coefficient (Wildman–Crippen LogP) is 3.54. The summed E-state index contributed by atoms with van der Waals surface area (Å²) in [6, 6.07) is 3.65. The highest BCUT2D eigenvalue weighted by atomic mass is 127. The molecule has 22 heavy (non-hydrogen) atoms. The van der Waals surface area contributed by atoms with Crippen molar-refractivity contribution in [2.45, 2.75) is 45.7 Å². The molecule has 0 fully saturated rings. The van der Waals surface area contributed by atoms with Crippen LogP contribution in [-0.2, 0) is 21.1 Å². The molecule has 124 valence electrons. The number of carboxylic acid groups (broad SMARTS) is 1. The molecule has 0 amide bonds. The van der Waals surface area contributed by atoms with Crippen molar-refractivity contribution in [3.8, 4) is 5.75 Å². The fraction of sp³-hybridized carbons (Fsp3) is 0.562. The molecule has 1 aromatic carbocycles. The Balaban J connectivity index is 3.13. The summed E-state index contributed by atoms with van der Waals surface area (Å²) < 4.78 is 6.36. The number of phenolic OH excluding ortho intramolecular Hbond substituents is 1. The highest BCUT2D eigenvalue weighted by molar-refractivity contribution is 14.1. The Morgan fingerprint density at radius 1 is 1.36 bits per heavy atom. The first-order valence-electron chi connectivity index (χ1n) is 7.38. The third-order valence-corrected chi connectivity index (χ3v) is 5.15. The van der Waals surface area contributed by atoms with Gasteiger partial charge in [-0.05, 0) is 70.8 Å². The zero-order valence-corrected chi connectivity index (χ0v) is 17.1. The number of hydrogen-bond donors (Lipinski definition) is 2. The van der Waals surface area contributed by atoms with Crippen molar-refractivity contribution in [1.29, 1.82) is 0 Å². The van der Waals surface area contributed by atoms with E-state index in [0.29, 0.717) is 6.42 Å². The average molecular weight is 436 g/mol. The van der Waals surface area contributed by atoms with Gasteiger partial charge < -0.3 is 14.6 Å². The van der Waals surface area contributed by atoms with Gasteiger partial charge in [-0.15, -0.1) is 0 Å². The first kappa shape index (κ1) is 19.4. The molecule has 0 heterocycles. The number of aliphatic carboxylic acids is 1. The van der Waals surface area contributed by atoms with E-state index in [2.05, 4.69) is 43.4 Å². The smallest absolute Gasteiger partial charge is 0.309 e. The molecule has 0 aromatic heterocycles. The summed E-state index contributed by atoms with van der Waals surface area (Å²) in [5, 5.41) is 19.4. The van der Waals surface area contributed by atoms with Gasteiger partial charge in [-0.25, -0.2) is 0 Å². The number of phenols is 1. The maximum absolute atomic E-state index is 11.5. The van der Waals surface area contributed by atoms with Crippen molar-refractivity contribution in [1.82, 2.24) is 0 Å². The number of rotatable bonds is 6. The van der Waals surface area contributed by atoms with Crippen LogP contribution < -0.4 is 0 Å². The molecule has 1 atom stereocenters. The lowest BCUT2D eigenvalue weighted by Crippen LogP contribution is -2.26. The van der Waals surface area contributed by atoms with Crippen LogP contribution in [0.4, 0.5) is 0 Å². The molecule has 0 saturated carbocycles. The molecule has 1 aromatic rings. The van der Waals surface area contributed by atoms with Crippen LogP contribution in [0.1, 0.15) is 31.9 Å². The topological polar surface area (TPSA) is 66.8 Å². The molecule has 1 unspecified atom stereocenters. The van der Waals surface area contributed by atoms with Gasteiger partial charge in [0.15, 0.2) is 9.04 Å². The minimum absolute atomic E-state index is 0.159. The standard InChI is InChI=1S/C16H25IO4Si/c1-16(2,3)12-8-14(18)13(17)7-10(12)6-11(15(19)20)9-21-22(4)5/h7-8,11,18,22H,6,9H2,1-5H3,(H,19,20). The largest absolute Gasteiger partial charge is 0.507 e. The molecule has 4 nitrogen and oxygen atoms in total. The van der Waals surface area contributed by atoms with Gasteiger partial charge in [0.1, 0.15) is 5.75 Å². The quantitative estimate of drug-likeness (QED) is 0.529. The minimum Gasteiger partial charge on any atom is -0.507 e. The molecule has 0 radical (unpaired) electrons. The van der Waals surface area contributed by atoms with Crippen LogP contribution in [0.5, 0.6) is 5.75 Å². The molecular formula is C16H25IO4Si. The van der Waals surface area contributed by atoms with Gasteiger partial charge in [0.05, 0.1) is 9.49 Å². The Labute approximate surface area is 147 Å². The number of hydrogen-bond acceptors (Lipinski definition) is 3. The van der Waals surface area contributed by atoms with E-state index in [4.69, 9.17) is 4.43 Å². The van der Waals surface area contributed by atoms with Crippen LogP contribution in [0.2, 0.25) is 13.1 Å². The molecule has 0 saturated heterocycles. The number of benzene rings is 1. The van der Waals surface area contributed by atoms with Crippen LogP contribution >= 0.6 is 22.6 Å². The third-order valence-electron chi connectivity index (χ3n) is 3.43. The average Bonchev–Trinajstić information content (AvgIpc) is 2.36. The van der Waals surface area contributed by atoms with Crippen LogP contribution in [-0.4, -0.2) is 31.8 Å². The monoisotopic (exact) mass is 436 g/mol. The first-order valence-corrected chi connectivity index (χ1v) is 11.2. The van der Waals surface area contributed by atoms with Crippen molar-refractivity contribution in [3.63, 3.8) is 0 Å². The molecule has 2 N–H and O–H groups in total. The predicted molar refractivity (Wildman–Crippen MR) is 99.2 cm³/mol. The van der Waals surface area contributed by atoms with Crippen LogP contribution in [0.25, 0.3) is 0 Å². The maximum atomic E-state index is 11.5. The van der Waals surface area contributed by atoms with Crippen LogP contribution in [0.3, 0.4) is 0 Å². The Kier molecular flexibility index (Phi) is 6.88. The lowest BCUT2D eigenvalue weighted by Gasteiger charge is -2.25. The number of carbonyl (C=O) groups is 1. The second kappa shape index (κ2) is 7.78. The summed E-state index contributed by atoms with van der Waals surface area (Å²) in [6.07, 6.45) is 0.416. The van der Waals surface area contributed by atoms with Gasteiger partial charge in [-0.2, -0.15) is 0 Å². The molecule has 0 spiro atoms. The summed E-state index contributed by atoms with van der Waals surface area (Å²) >= 11 is 2.07. The van der Waals surface area contributed by atoms with Crippen LogP contribution in [0, 0.1) is 9.49 Å². The number of carboxylic acids is 1. The molecule has 0 aliphatic rings. The Morgan fingerprint density at radius 2 is 1.95 bits per heavy atom. The van der Waals surface area contributed by atoms with Gasteiger partial charge in [-0.3, -0.25) is 4.79 Å². The zero-order chi connectivity index (χ0) is 17.1. The van der Waals surface area contributed by atoms with Gasteiger partial charge in [0.2, 0.25) is 0 Å². The lowest BCUT2D eigenvalue weighted by atomic mass is 9.81. The summed E-state index contributed by atoms with van der Waals surface area (Å²) in [4.78, 5) is 11.5. The fourth-order valence-corrected chi connectivity index (χ4v) is 3.41. The van der Waals surface area contributed by atoms with Gasteiger partial charge >= 0.3 is 5.97 Å². The molecule has 0 bridgehead atoms. The van der Waals surface area contributed by atoms with E-state index >= 15 is 0 Å².